The lowest BCUT2D eigenvalue weighted by Gasteiger charge is -2.12. The Morgan fingerprint density at radius 3 is 2.73 bits per heavy atom. The van der Waals surface area contributed by atoms with Gasteiger partial charge in [-0.15, -0.1) is 0 Å². The summed E-state index contributed by atoms with van der Waals surface area (Å²) in [4.78, 5) is 14.2. The first-order chi connectivity index (χ1) is 7.15. The molecule has 1 heterocycles. The second-order valence-electron chi connectivity index (χ2n) is 2.73. The van der Waals surface area contributed by atoms with Crippen molar-refractivity contribution in [2.24, 2.45) is 5.73 Å². The van der Waals surface area contributed by atoms with Gasteiger partial charge < -0.3 is 10.5 Å². The second-order valence-corrected chi connectivity index (χ2v) is 2.73. The second kappa shape index (κ2) is 4.79. The fraction of sp³-hybridized carbons (Fsp3) is 0.333. The summed E-state index contributed by atoms with van der Waals surface area (Å²) in [6, 6.07) is 0. The minimum absolute atomic E-state index is 0.00926. The number of halogens is 2. The van der Waals surface area contributed by atoms with Crippen LogP contribution in [0.5, 0.6) is 5.75 Å². The summed E-state index contributed by atoms with van der Waals surface area (Å²) in [7, 11) is 1.22. The molecular formula is C9H10F2N2O2. The van der Waals surface area contributed by atoms with Gasteiger partial charge in [0.15, 0.2) is 6.29 Å². The fourth-order valence-electron chi connectivity index (χ4n) is 1.26. The van der Waals surface area contributed by atoms with Gasteiger partial charge in [-0.1, -0.05) is 0 Å². The predicted molar refractivity (Wildman–Crippen MR) is 49.0 cm³/mol. The number of nitrogens with two attached hydrogens (primary N) is 1. The van der Waals surface area contributed by atoms with E-state index in [0.29, 0.717) is 6.29 Å². The molecule has 0 radical (unpaired) electrons. The van der Waals surface area contributed by atoms with Crippen molar-refractivity contribution in [3.8, 4) is 5.75 Å². The third-order valence-electron chi connectivity index (χ3n) is 1.92. The van der Waals surface area contributed by atoms with E-state index < -0.39 is 12.0 Å². The SMILES string of the molecule is COc1c(C=O)cnc(CN)c1C(F)F. The molecule has 2 N–H and O–H groups in total. The number of pyridine rings is 1. The first kappa shape index (κ1) is 11.5. The Morgan fingerprint density at radius 2 is 2.33 bits per heavy atom. The smallest absolute Gasteiger partial charge is 0.269 e. The summed E-state index contributed by atoms with van der Waals surface area (Å²) in [5, 5.41) is 0. The average molecular weight is 216 g/mol. The Bertz CT molecular complexity index is 369. The minimum Gasteiger partial charge on any atom is -0.495 e. The number of hydrogen-bond donors (Lipinski definition) is 1. The van der Waals surface area contributed by atoms with Crippen LogP contribution in [0.1, 0.15) is 28.0 Å². The van der Waals surface area contributed by atoms with E-state index in [1.165, 1.54) is 13.3 Å². The summed E-state index contributed by atoms with van der Waals surface area (Å²) in [5.41, 5.74) is 4.88. The zero-order chi connectivity index (χ0) is 11.4. The van der Waals surface area contributed by atoms with Crippen LogP contribution in [0.15, 0.2) is 6.20 Å². The Labute approximate surface area is 85.1 Å². The highest BCUT2D eigenvalue weighted by molar-refractivity contribution is 5.80. The highest BCUT2D eigenvalue weighted by Crippen LogP contribution is 2.33. The van der Waals surface area contributed by atoms with E-state index in [1.807, 2.05) is 0 Å². The molecule has 0 saturated heterocycles. The molecule has 0 aromatic carbocycles. The van der Waals surface area contributed by atoms with Crippen LogP contribution in [0.25, 0.3) is 0 Å². The molecule has 15 heavy (non-hydrogen) atoms. The standard InChI is InChI=1S/C9H10F2N2O2/c1-15-8-5(4-14)3-13-6(2-12)7(8)9(10)11/h3-4,9H,2,12H2,1H3. The molecule has 0 aliphatic rings. The van der Waals surface area contributed by atoms with Gasteiger partial charge in [0.05, 0.1) is 23.9 Å². The molecule has 0 saturated carbocycles. The molecule has 1 aromatic heterocycles. The third kappa shape index (κ3) is 2.10. The summed E-state index contributed by atoms with van der Waals surface area (Å²) in [6.07, 6.45) is -1.19. The maximum Gasteiger partial charge on any atom is 0.269 e. The largest absolute Gasteiger partial charge is 0.495 e. The van der Waals surface area contributed by atoms with Gasteiger partial charge in [0.1, 0.15) is 5.75 Å². The molecule has 0 fully saturated rings. The predicted octanol–water partition coefficient (Wildman–Crippen LogP) is 1.30. The molecule has 0 amide bonds. The highest BCUT2D eigenvalue weighted by atomic mass is 19.3. The van der Waals surface area contributed by atoms with Crippen LogP contribution in [0.4, 0.5) is 8.78 Å². The molecule has 82 valence electrons. The van der Waals surface area contributed by atoms with E-state index in [9.17, 15) is 13.6 Å². The van der Waals surface area contributed by atoms with Gasteiger partial charge in [0.25, 0.3) is 6.43 Å². The lowest BCUT2D eigenvalue weighted by Crippen LogP contribution is -2.09. The molecule has 0 unspecified atom stereocenters. The molecule has 0 aliphatic carbocycles. The van der Waals surface area contributed by atoms with E-state index in [-0.39, 0.29) is 23.6 Å². The summed E-state index contributed by atoms with van der Waals surface area (Å²) < 4.78 is 30.1. The molecule has 4 nitrogen and oxygen atoms in total. The number of carbonyl (C=O) groups excluding carboxylic acids is 1. The summed E-state index contributed by atoms with van der Waals surface area (Å²) >= 11 is 0. The van der Waals surface area contributed by atoms with Crippen molar-refractivity contribution < 1.29 is 18.3 Å². The number of carbonyl (C=O) groups is 1. The number of ether oxygens (including phenoxy) is 1. The van der Waals surface area contributed by atoms with Crippen LogP contribution in [0, 0.1) is 0 Å². The number of hydrogen-bond acceptors (Lipinski definition) is 4. The van der Waals surface area contributed by atoms with Gasteiger partial charge in [0.2, 0.25) is 0 Å². The Kier molecular flexibility index (Phi) is 3.68. The van der Waals surface area contributed by atoms with E-state index in [2.05, 4.69) is 4.98 Å². The number of aldehydes is 1. The normalized spacial score (nSPS) is 10.5. The number of aromatic nitrogens is 1. The van der Waals surface area contributed by atoms with Gasteiger partial charge in [0, 0.05) is 12.7 Å². The molecule has 0 atom stereocenters. The summed E-state index contributed by atoms with van der Waals surface area (Å²) in [5.74, 6) is -0.157. The van der Waals surface area contributed by atoms with Gasteiger partial charge in [-0.05, 0) is 0 Å². The number of nitrogens with zero attached hydrogens (tertiary/aromatic N) is 1. The number of methoxy groups -OCH3 is 1. The maximum atomic E-state index is 12.7. The topological polar surface area (TPSA) is 65.2 Å². The first-order valence-corrected chi connectivity index (χ1v) is 4.14. The molecule has 0 bridgehead atoms. The lowest BCUT2D eigenvalue weighted by atomic mass is 10.1. The van der Waals surface area contributed by atoms with Crippen molar-refractivity contribution in [1.82, 2.24) is 4.98 Å². The third-order valence-corrected chi connectivity index (χ3v) is 1.92. The first-order valence-electron chi connectivity index (χ1n) is 4.14. The quantitative estimate of drug-likeness (QED) is 0.770. The molecule has 0 spiro atoms. The van der Waals surface area contributed by atoms with Crippen molar-refractivity contribution >= 4 is 6.29 Å². The van der Waals surface area contributed by atoms with Crippen LogP contribution < -0.4 is 10.5 Å². The zero-order valence-corrected chi connectivity index (χ0v) is 8.04. The van der Waals surface area contributed by atoms with Crippen LogP contribution in [0.2, 0.25) is 0 Å². The molecule has 6 heteroatoms. The number of rotatable bonds is 4. The van der Waals surface area contributed by atoms with Crippen molar-refractivity contribution in [3.63, 3.8) is 0 Å². The van der Waals surface area contributed by atoms with Crippen molar-refractivity contribution in [1.29, 1.82) is 0 Å². The van der Waals surface area contributed by atoms with Crippen LogP contribution in [-0.2, 0) is 6.54 Å². The van der Waals surface area contributed by atoms with Gasteiger partial charge >= 0.3 is 0 Å². The Balaban J connectivity index is 3.44. The van der Waals surface area contributed by atoms with Gasteiger partial charge in [-0.25, -0.2) is 8.78 Å². The van der Waals surface area contributed by atoms with E-state index in [4.69, 9.17) is 10.5 Å². The van der Waals surface area contributed by atoms with Gasteiger partial charge in [-0.3, -0.25) is 9.78 Å². The molecule has 1 aromatic rings. The van der Waals surface area contributed by atoms with Crippen molar-refractivity contribution in [2.45, 2.75) is 13.0 Å². The fourth-order valence-corrected chi connectivity index (χ4v) is 1.26. The van der Waals surface area contributed by atoms with E-state index >= 15 is 0 Å². The Hall–Kier alpha value is -1.56. The summed E-state index contributed by atoms with van der Waals surface area (Å²) in [6.45, 7) is -0.130. The molecular weight excluding hydrogens is 206 g/mol. The van der Waals surface area contributed by atoms with E-state index in [1.54, 1.807) is 0 Å². The molecule has 1 rings (SSSR count). The van der Waals surface area contributed by atoms with E-state index in [0.717, 1.165) is 0 Å². The van der Waals surface area contributed by atoms with Crippen molar-refractivity contribution in [2.75, 3.05) is 7.11 Å². The lowest BCUT2D eigenvalue weighted by molar-refractivity contribution is 0.111. The minimum atomic E-state index is -2.77. The van der Waals surface area contributed by atoms with Crippen LogP contribution >= 0.6 is 0 Å². The highest BCUT2D eigenvalue weighted by Gasteiger charge is 2.22. The maximum absolute atomic E-state index is 12.7. The van der Waals surface area contributed by atoms with Crippen LogP contribution in [-0.4, -0.2) is 18.4 Å². The monoisotopic (exact) mass is 216 g/mol. The van der Waals surface area contributed by atoms with Crippen molar-refractivity contribution in [3.05, 3.63) is 23.0 Å². The average Bonchev–Trinajstić information content (AvgIpc) is 2.26. The Morgan fingerprint density at radius 1 is 1.67 bits per heavy atom. The van der Waals surface area contributed by atoms with Crippen LogP contribution in [0.3, 0.4) is 0 Å². The molecule has 0 aliphatic heterocycles. The zero-order valence-electron chi connectivity index (χ0n) is 8.04. The number of alkyl halides is 2. The van der Waals surface area contributed by atoms with Gasteiger partial charge in [-0.2, -0.15) is 0 Å².